The molecule has 0 fully saturated rings. The van der Waals surface area contributed by atoms with Crippen molar-refractivity contribution in [1.82, 2.24) is 0 Å². The lowest BCUT2D eigenvalue weighted by Gasteiger charge is -2.09. The van der Waals surface area contributed by atoms with Crippen molar-refractivity contribution >= 4 is 11.9 Å². The van der Waals surface area contributed by atoms with Gasteiger partial charge in [0.25, 0.3) is 0 Å². The Bertz CT molecular complexity index is 824. The smallest absolute Gasteiger partial charge is 0.311 e. The molecule has 1 atom stereocenters. The molecule has 0 aliphatic rings. The molecular weight excluding hydrogens is 412 g/mol. The molecule has 4 heteroatoms. The molecule has 0 amide bonds. The Labute approximate surface area is 199 Å². The van der Waals surface area contributed by atoms with E-state index in [9.17, 15) is 9.59 Å². The highest BCUT2D eigenvalue weighted by Gasteiger charge is 2.10. The molecule has 2 aromatic rings. The normalized spacial score (nSPS) is 11.7. The summed E-state index contributed by atoms with van der Waals surface area (Å²) in [5.74, 6) is 1.08. The summed E-state index contributed by atoms with van der Waals surface area (Å²) in [6.07, 6.45) is 11.5. The number of benzene rings is 2. The average molecular weight is 453 g/mol. The predicted molar refractivity (Wildman–Crippen MR) is 134 cm³/mol. The van der Waals surface area contributed by atoms with Gasteiger partial charge >= 0.3 is 11.9 Å². The van der Waals surface area contributed by atoms with Crippen molar-refractivity contribution in [2.45, 2.75) is 91.4 Å². The number of hydrogen-bond acceptors (Lipinski definition) is 4. The van der Waals surface area contributed by atoms with Crippen LogP contribution in [0.1, 0.15) is 91.4 Å². The average Bonchev–Trinajstić information content (AvgIpc) is 2.81. The molecule has 33 heavy (non-hydrogen) atoms. The quantitative estimate of drug-likeness (QED) is 0.155. The van der Waals surface area contributed by atoms with E-state index in [4.69, 9.17) is 9.47 Å². The maximum Gasteiger partial charge on any atom is 0.311 e. The molecule has 0 N–H and O–H groups in total. The van der Waals surface area contributed by atoms with Crippen molar-refractivity contribution in [2.75, 3.05) is 0 Å². The zero-order chi connectivity index (χ0) is 23.9. The summed E-state index contributed by atoms with van der Waals surface area (Å²) >= 11 is 0. The number of ether oxygens (including phenoxy) is 2. The Hall–Kier alpha value is -2.62. The van der Waals surface area contributed by atoms with E-state index in [1.807, 2.05) is 55.5 Å². The van der Waals surface area contributed by atoms with Gasteiger partial charge in [0.15, 0.2) is 0 Å². The molecule has 0 spiro atoms. The van der Waals surface area contributed by atoms with Crippen LogP contribution in [0.3, 0.4) is 0 Å². The van der Waals surface area contributed by atoms with Crippen LogP contribution in [-0.2, 0) is 9.59 Å². The predicted octanol–water partition coefficient (Wildman–Crippen LogP) is 8.13. The first kappa shape index (κ1) is 26.6. The molecule has 2 aromatic carbocycles. The number of carbonyl (C=O) groups excluding carboxylic acids is 2. The van der Waals surface area contributed by atoms with Gasteiger partial charge in [-0.15, -0.1) is 0 Å². The van der Waals surface area contributed by atoms with Crippen LogP contribution in [0.25, 0.3) is 11.1 Å². The lowest BCUT2D eigenvalue weighted by atomic mass is 10.1. The number of rotatable bonds is 15. The first-order valence-corrected chi connectivity index (χ1v) is 12.6. The van der Waals surface area contributed by atoms with E-state index in [1.165, 1.54) is 38.5 Å². The summed E-state index contributed by atoms with van der Waals surface area (Å²) in [6, 6.07) is 15.0. The van der Waals surface area contributed by atoms with E-state index in [0.29, 0.717) is 30.3 Å². The van der Waals surface area contributed by atoms with Gasteiger partial charge in [0, 0.05) is 12.8 Å². The standard InChI is InChI=1S/C29H40O4/c1-4-6-7-8-9-10-11-12-13-28(30)32-26-18-14-24(15-19-26)25-16-20-27(21-17-25)33-29(31)22-23(3)5-2/h14-21,23H,4-13,22H2,1-3H3. The van der Waals surface area contributed by atoms with E-state index < -0.39 is 0 Å². The molecule has 0 saturated carbocycles. The minimum absolute atomic E-state index is 0.169. The zero-order valence-corrected chi connectivity index (χ0v) is 20.6. The van der Waals surface area contributed by atoms with Crippen LogP contribution in [0.2, 0.25) is 0 Å². The van der Waals surface area contributed by atoms with Gasteiger partial charge < -0.3 is 9.47 Å². The van der Waals surface area contributed by atoms with Crippen LogP contribution in [0.4, 0.5) is 0 Å². The highest BCUT2D eigenvalue weighted by atomic mass is 16.5. The van der Waals surface area contributed by atoms with Crippen LogP contribution >= 0.6 is 0 Å². The monoisotopic (exact) mass is 452 g/mol. The van der Waals surface area contributed by atoms with Crippen LogP contribution in [0, 0.1) is 5.92 Å². The molecule has 0 aliphatic carbocycles. The molecule has 0 saturated heterocycles. The maximum atomic E-state index is 12.1. The fourth-order valence-corrected chi connectivity index (χ4v) is 3.62. The Morgan fingerprint density at radius 1 is 0.667 bits per heavy atom. The second kappa shape index (κ2) is 15.3. The third-order valence-electron chi connectivity index (χ3n) is 5.95. The lowest BCUT2D eigenvalue weighted by Crippen LogP contribution is -2.11. The van der Waals surface area contributed by atoms with Gasteiger partial charge in [0.2, 0.25) is 0 Å². The molecule has 0 radical (unpaired) electrons. The minimum Gasteiger partial charge on any atom is -0.427 e. The number of unbranched alkanes of at least 4 members (excludes halogenated alkanes) is 7. The fourth-order valence-electron chi connectivity index (χ4n) is 3.62. The van der Waals surface area contributed by atoms with Crippen molar-refractivity contribution in [3.63, 3.8) is 0 Å². The summed E-state index contributed by atoms with van der Waals surface area (Å²) in [7, 11) is 0. The van der Waals surface area contributed by atoms with E-state index in [-0.39, 0.29) is 11.9 Å². The van der Waals surface area contributed by atoms with Crippen molar-refractivity contribution in [1.29, 1.82) is 0 Å². The van der Waals surface area contributed by atoms with Gasteiger partial charge in [-0.1, -0.05) is 96.4 Å². The zero-order valence-electron chi connectivity index (χ0n) is 20.6. The minimum atomic E-state index is -0.199. The maximum absolute atomic E-state index is 12.1. The Morgan fingerprint density at radius 2 is 1.12 bits per heavy atom. The lowest BCUT2D eigenvalue weighted by molar-refractivity contribution is -0.136. The molecule has 0 heterocycles. The molecule has 2 rings (SSSR count). The highest BCUT2D eigenvalue weighted by molar-refractivity contribution is 5.74. The van der Waals surface area contributed by atoms with Gasteiger partial charge in [-0.05, 0) is 47.7 Å². The number of hydrogen-bond donors (Lipinski definition) is 0. The Balaban J connectivity index is 1.73. The van der Waals surface area contributed by atoms with Crippen molar-refractivity contribution in [3.05, 3.63) is 48.5 Å². The molecular formula is C29H40O4. The summed E-state index contributed by atoms with van der Waals surface area (Å²) in [5.41, 5.74) is 2.02. The second-order valence-electron chi connectivity index (χ2n) is 8.94. The molecule has 180 valence electrons. The summed E-state index contributed by atoms with van der Waals surface area (Å²) in [5, 5.41) is 0. The molecule has 0 aromatic heterocycles. The molecule has 0 bridgehead atoms. The SMILES string of the molecule is CCCCCCCCCCC(=O)Oc1ccc(-c2ccc(OC(=O)CC(C)CC)cc2)cc1. The van der Waals surface area contributed by atoms with Crippen LogP contribution in [0.5, 0.6) is 11.5 Å². The molecule has 4 nitrogen and oxygen atoms in total. The van der Waals surface area contributed by atoms with E-state index in [1.54, 1.807) is 0 Å². The highest BCUT2D eigenvalue weighted by Crippen LogP contribution is 2.25. The third kappa shape index (κ3) is 10.7. The summed E-state index contributed by atoms with van der Waals surface area (Å²) < 4.78 is 10.9. The van der Waals surface area contributed by atoms with Crippen molar-refractivity contribution in [2.24, 2.45) is 5.92 Å². The van der Waals surface area contributed by atoms with Gasteiger partial charge in [0.05, 0.1) is 0 Å². The van der Waals surface area contributed by atoms with E-state index >= 15 is 0 Å². The van der Waals surface area contributed by atoms with Crippen LogP contribution in [-0.4, -0.2) is 11.9 Å². The summed E-state index contributed by atoms with van der Waals surface area (Å²) in [6.45, 7) is 6.34. The number of esters is 2. The molecule has 1 unspecified atom stereocenters. The second-order valence-corrected chi connectivity index (χ2v) is 8.94. The fraction of sp³-hybridized carbons (Fsp3) is 0.517. The van der Waals surface area contributed by atoms with Gasteiger partial charge in [0.1, 0.15) is 11.5 Å². The first-order chi connectivity index (χ1) is 16.0. The van der Waals surface area contributed by atoms with Gasteiger partial charge in [-0.3, -0.25) is 9.59 Å². The summed E-state index contributed by atoms with van der Waals surface area (Å²) in [4.78, 5) is 24.0. The number of carbonyl (C=O) groups is 2. The first-order valence-electron chi connectivity index (χ1n) is 12.6. The topological polar surface area (TPSA) is 52.6 Å². The van der Waals surface area contributed by atoms with Gasteiger partial charge in [-0.2, -0.15) is 0 Å². The Kier molecular flexibility index (Phi) is 12.3. The van der Waals surface area contributed by atoms with Crippen molar-refractivity contribution in [3.8, 4) is 22.6 Å². The van der Waals surface area contributed by atoms with E-state index in [2.05, 4.69) is 13.8 Å². The van der Waals surface area contributed by atoms with E-state index in [0.717, 1.165) is 30.4 Å². The van der Waals surface area contributed by atoms with Crippen LogP contribution in [0.15, 0.2) is 48.5 Å². The largest absolute Gasteiger partial charge is 0.427 e. The van der Waals surface area contributed by atoms with Gasteiger partial charge in [-0.25, -0.2) is 0 Å². The van der Waals surface area contributed by atoms with Crippen LogP contribution < -0.4 is 9.47 Å². The van der Waals surface area contributed by atoms with Crippen molar-refractivity contribution < 1.29 is 19.1 Å². The Morgan fingerprint density at radius 3 is 1.61 bits per heavy atom. The third-order valence-corrected chi connectivity index (χ3v) is 5.95. The molecule has 0 aliphatic heterocycles.